The molecule has 2 N–H and O–H groups in total. The zero-order valence-electron chi connectivity index (χ0n) is 11.8. The van der Waals surface area contributed by atoms with E-state index in [0.29, 0.717) is 5.82 Å². The van der Waals surface area contributed by atoms with Gasteiger partial charge in [-0.25, -0.2) is 0 Å². The number of rotatable bonds is 6. The number of aromatic nitrogens is 1. The zero-order chi connectivity index (χ0) is 13.7. The molecule has 0 aliphatic heterocycles. The van der Waals surface area contributed by atoms with Crippen LogP contribution in [0.2, 0.25) is 0 Å². The van der Waals surface area contributed by atoms with Gasteiger partial charge in [0.25, 0.3) is 0 Å². The second-order valence-corrected chi connectivity index (χ2v) is 4.99. The first-order chi connectivity index (χ1) is 9.24. The van der Waals surface area contributed by atoms with Gasteiger partial charge in [0, 0.05) is 6.42 Å². The molecule has 0 aliphatic carbocycles. The summed E-state index contributed by atoms with van der Waals surface area (Å²) in [5.74, 6) is 1.42. The van der Waals surface area contributed by atoms with E-state index in [1.54, 1.807) is 0 Å². The van der Waals surface area contributed by atoms with E-state index < -0.39 is 0 Å². The highest BCUT2D eigenvalue weighted by molar-refractivity contribution is 5.77. The minimum Gasteiger partial charge on any atom is -0.380 e. The molecule has 1 aromatic heterocycles. The van der Waals surface area contributed by atoms with Crippen molar-refractivity contribution in [1.29, 1.82) is 0 Å². The predicted molar refractivity (Wildman–Crippen MR) is 78.9 cm³/mol. The molecule has 1 aromatic carbocycles. The molecule has 0 saturated heterocycles. The molecule has 3 nitrogen and oxygen atoms in total. The highest BCUT2D eigenvalue weighted by Crippen LogP contribution is 2.32. The van der Waals surface area contributed by atoms with Crippen molar-refractivity contribution in [2.24, 2.45) is 0 Å². The van der Waals surface area contributed by atoms with Crippen molar-refractivity contribution in [1.82, 2.24) is 5.16 Å². The Morgan fingerprint density at radius 3 is 2.68 bits per heavy atom. The van der Waals surface area contributed by atoms with Crippen LogP contribution in [0, 0.1) is 6.92 Å². The second-order valence-electron chi connectivity index (χ2n) is 4.99. The molecule has 0 bridgehead atoms. The standard InChI is InChI=1S/C16H22N2O/c1-3-4-5-6-11-14-15(16(17)18-19-14)13-10-8-7-9-12(13)2/h7-10H,3-6,11H2,1-2H3,(H2,17,18). The minimum atomic E-state index is 0.500. The molecule has 0 saturated carbocycles. The largest absolute Gasteiger partial charge is 0.380 e. The van der Waals surface area contributed by atoms with Crippen LogP contribution in [0.25, 0.3) is 11.1 Å². The maximum atomic E-state index is 5.97. The Bertz CT molecular complexity index is 531. The first-order valence-corrected chi connectivity index (χ1v) is 7.04. The third-order valence-electron chi connectivity index (χ3n) is 3.46. The van der Waals surface area contributed by atoms with Crippen molar-refractivity contribution >= 4 is 5.82 Å². The Morgan fingerprint density at radius 2 is 1.95 bits per heavy atom. The summed E-state index contributed by atoms with van der Waals surface area (Å²) in [5, 5.41) is 3.94. The van der Waals surface area contributed by atoms with Crippen LogP contribution in [-0.4, -0.2) is 5.16 Å². The number of aryl methyl sites for hydroxylation is 2. The third kappa shape index (κ3) is 3.16. The van der Waals surface area contributed by atoms with Crippen LogP contribution in [0.3, 0.4) is 0 Å². The molecular weight excluding hydrogens is 236 g/mol. The minimum absolute atomic E-state index is 0.500. The summed E-state index contributed by atoms with van der Waals surface area (Å²) in [4.78, 5) is 0. The van der Waals surface area contributed by atoms with E-state index in [4.69, 9.17) is 10.3 Å². The monoisotopic (exact) mass is 258 g/mol. The lowest BCUT2D eigenvalue weighted by atomic mass is 9.98. The highest BCUT2D eigenvalue weighted by Gasteiger charge is 2.16. The Hall–Kier alpha value is -1.77. The molecule has 0 aliphatic rings. The number of benzene rings is 1. The van der Waals surface area contributed by atoms with Gasteiger partial charge >= 0.3 is 0 Å². The molecule has 2 aromatic rings. The van der Waals surface area contributed by atoms with Crippen molar-refractivity contribution in [2.45, 2.75) is 46.0 Å². The average Bonchev–Trinajstić information content (AvgIpc) is 2.77. The predicted octanol–water partition coefficient (Wildman–Crippen LogP) is 4.36. The van der Waals surface area contributed by atoms with Crippen LogP contribution in [0.5, 0.6) is 0 Å². The smallest absolute Gasteiger partial charge is 0.175 e. The summed E-state index contributed by atoms with van der Waals surface area (Å²) < 4.78 is 5.41. The van der Waals surface area contributed by atoms with Gasteiger partial charge in [0.2, 0.25) is 0 Å². The number of hydrogen-bond donors (Lipinski definition) is 1. The quantitative estimate of drug-likeness (QED) is 0.783. The highest BCUT2D eigenvalue weighted by atomic mass is 16.5. The first-order valence-electron chi connectivity index (χ1n) is 7.04. The molecule has 0 fully saturated rings. The van der Waals surface area contributed by atoms with E-state index >= 15 is 0 Å². The van der Waals surface area contributed by atoms with Gasteiger partial charge in [-0.2, -0.15) is 0 Å². The summed E-state index contributed by atoms with van der Waals surface area (Å²) in [6.07, 6.45) is 5.77. The lowest BCUT2D eigenvalue weighted by molar-refractivity contribution is 0.382. The van der Waals surface area contributed by atoms with Crippen LogP contribution in [0.15, 0.2) is 28.8 Å². The molecule has 0 unspecified atom stereocenters. The van der Waals surface area contributed by atoms with Gasteiger partial charge in [-0.3, -0.25) is 0 Å². The number of nitrogens with two attached hydrogens (primary N) is 1. The SMILES string of the molecule is CCCCCCc1onc(N)c1-c1ccccc1C. The lowest BCUT2D eigenvalue weighted by Crippen LogP contribution is -1.93. The van der Waals surface area contributed by atoms with Crippen LogP contribution in [0.1, 0.15) is 43.9 Å². The normalized spacial score (nSPS) is 10.8. The van der Waals surface area contributed by atoms with Crippen molar-refractivity contribution in [2.75, 3.05) is 5.73 Å². The van der Waals surface area contributed by atoms with Crippen LogP contribution < -0.4 is 5.73 Å². The van der Waals surface area contributed by atoms with Crippen molar-refractivity contribution < 1.29 is 4.52 Å². The molecule has 3 heteroatoms. The molecule has 0 radical (unpaired) electrons. The van der Waals surface area contributed by atoms with Crippen LogP contribution in [0.4, 0.5) is 5.82 Å². The molecule has 0 spiro atoms. The fourth-order valence-corrected chi connectivity index (χ4v) is 2.36. The molecule has 0 amide bonds. The maximum Gasteiger partial charge on any atom is 0.175 e. The summed E-state index contributed by atoms with van der Waals surface area (Å²) >= 11 is 0. The Labute approximate surface area is 114 Å². The molecule has 1 heterocycles. The molecule has 0 atom stereocenters. The van der Waals surface area contributed by atoms with Gasteiger partial charge in [-0.1, -0.05) is 55.6 Å². The fourth-order valence-electron chi connectivity index (χ4n) is 2.36. The second kappa shape index (κ2) is 6.41. The maximum absolute atomic E-state index is 5.97. The van der Waals surface area contributed by atoms with E-state index in [0.717, 1.165) is 29.7 Å². The number of hydrogen-bond acceptors (Lipinski definition) is 3. The Kier molecular flexibility index (Phi) is 4.61. The van der Waals surface area contributed by atoms with Crippen LogP contribution in [-0.2, 0) is 6.42 Å². The van der Waals surface area contributed by atoms with Crippen molar-refractivity contribution in [3.63, 3.8) is 0 Å². The summed E-state index contributed by atoms with van der Waals surface area (Å²) in [7, 11) is 0. The van der Waals surface area contributed by atoms with Gasteiger partial charge in [0.05, 0.1) is 5.56 Å². The lowest BCUT2D eigenvalue weighted by Gasteiger charge is -2.06. The Morgan fingerprint density at radius 1 is 1.16 bits per heavy atom. The molecular formula is C16H22N2O. The van der Waals surface area contributed by atoms with Crippen LogP contribution >= 0.6 is 0 Å². The number of unbranched alkanes of at least 4 members (excludes halogenated alkanes) is 3. The molecule has 102 valence electrons. The van der Waals surface area contributed by atoms with E-state index in [1.807, 2.05) is 12.1 Å². The van der Waals surface area contributed by atoms with Crippen molar-refractivity contribution in [3.8, 4) is 11.1 Å². The Balaban J connectivity index is 2.21. The third-order valence-corrected chi connectivity index (χ3v) is 3.46. The van der Waals surface area contributed by atoms with Gasteiger partial charge in [-0.15, -0.1) is 0 Å². The number of anilines is 1. The van der Waals surface area contributed by atoms with Gasteiger partial charge in [0.15, 0.2) is 5.82 Å². The average molecular weight is 258 g/mol. The zero-order valence-corrected chi connectivity index (χ0v) is 11.8. The van der Waals surface area contributed by atoms with Gasteiger partial charge in [-0.05, 0) is 24.5 Å². The number of nitrogens with zero attached hydrogens (tertiary/aromatic N) is 1. The molecule has 19 heavy (non-hydrogen) atoms. The number of nitrogen functional groups attached to an aromatic ring is 1. The summed E-state index contributed by atoms with van der Waals surface area (Å²) in [6.45, 7) is 4.30. The van der Waals surface area contributed by atoms with E-state index in [9.17, 15) is 0 Å². The fraction of sp³-hybridized carbons (Fsp3) is 0.438. The van der Waals surface area contributed by atoms with Gasteiger partial charge in [0.1, 0.15) is 5.76 Å². The van der Waals surface area contributed by atoms with E-state index in [-0.39, 0.29) is 0 Å². The van der Waals surface area contributed by atoms with E-state index in [1.165, 1.54) is 24.8 Å². The van der Waals surface area contributed by atoms with E-state index in [2.05, 4.69) is 31.1 Å². The molecule has 2 rings (SSSR count). The van der Waals surface area contributed by atoms with Gasteiger partial charge < -0.3 is 10.3 Å². The summed E-state index contributed by atoms with van der Waals surface area (Å²) in [5.41, 5.74) is 9.28. The first kappa shape index (κ1) is 13.7. The topological polar surface area (TPSA) is 52.0 Å². The van der Waals surface area contributed by atoms with Crippen molar-refractivity contribution in [3.05, 3.63) is 35.6 Å². The summed E-state index contributed by atoms with van der Waals surface area (Å²) in [6, 6.07) is 8.22.